The van der Waals surface area contributed by atoms with E-state index in [1.54, 1.807) is 26.2 Å². The molecule has 2 rings (SSSR count). The lowest BCUT2D eigenvalue weighted by atomic mass is 10.2. The summed E-state index contributed by atoms with van der Waals surface area (Å²) in [6.07, 6.45) is 1.12. The molecule has 1 N–H and O–H groups in total. The van der Waals surface area contributed by atoms with Crippen LogP contribution in [-0.2, 0) is 10.0 Å². The van der Waals surface area contributed by atoms with Gasteiger partial charge < -0.3 is 5.32 Å². The van der Waals surface area contributed by atoms with Crippen LogP contribution in [0.4, 0.5) is 5.69 Å². The Morgan fingerprint density at radius 1 is 1.24 bits per heavy atom. The van der Waals surface area contributed by atoms with Crippen molar-refractivity contribution in [3.8, 4) is 0 Å². The van der Waals surface area contributed by atoms with Gasteiger partial charge in [0.25, 0.3) is 0 Å². The number of nitrogens with zero attached hydrogens (tertiary/aromatic N) is 2. The van der Waals surface area contributed by atoms with Crippen molar-refractivity contribution >= 4 is 15.7 Å². The summed E-state index contributed by atoms with van der Waals surface area (Å²) in [5, 5.41) is 3.48. The zero-order valence-corrected chi connectivity index (χ0v) is 14.0. The van der Waals surface area contributed by atoms with E-state index in [0.717, 1.165) is 25.2 Å². The third kappa shape index (κ3) is 3.75. The molecule has 0 saturated carbocycles. The first kappa shape index (κ1) is 16.3. The SMILES string of the molecule is CC(C)N1CCC(Nc2ccc(S(=O)(=O)N(C)C)cc2)C1. The zero-order valence-electron chi connectivity index (χ0n) is 13.2. The first-order valence-corrected chi connectivity index (χ1v) is 8.78. The second-order valence-corrected chi connectivity index (χ2v) is 8.18. The maximum atomic E-state index is 12.0. The van der Waals surface area contributed by atoms with E-state index in [2.05, 4.69) is 24.1 Å². The van der Waals surface area contributed by atoms with Gasteiger partial charge in [-0.1, -0.05) is 0 Å². The largest absolute Gasteiger partial charge is 0.381 e. The number of hydrogen-bond donors (Lipinski definition) is 1. The molecular weight excluding hydrogens is 286 g/mol. The molecule has 0 aliphatic carbocycles. The van der Waals surface area contributed by atoms with Crippen molar-refractivity contribution in [1.29, 1.82) is 0 Å². The van der Waals surface area contributed by atoms with Gasteiger partial charge in [-0.05, 0) is 44.5 Å². The van der Waals surface area contributed by atoms with Crippen molar-refractivity contribution in [3.63, 3.8) is 0 Å². The summed E-state index contributed by atoms with van der Waals surface area (Å²) in [5.74, 6) is 0. The first-order valence-electron chi connectivity index (χ1n) is 7.34. The summed E-state index contributed by atoms with van der Waals surface area (Å²) >= 11 is 0. The second kappa shape index (κ2) is 6.34. The molecule has 21 heavy (non-hydrogen) atoms. The van der Waals surface area contributed by atoms with Gasteiger partial charge in [0.15, 0.2) is 0 Å². The van der Waals surface area contributed by atoms with Gasteiger partial charge in [0.1, 0.15) is 0 Å². The van der Waals surface area contributed by atoms with Crippen molar-refractivity contribution in [2.24, 2.45) is 0 Å². The Kier molecular flexibility index (Phi) is 4.91. The molecule has 1 heterocycles. The Morgan fingerprint density at radius 2 is 1.86 bits per heavy atom. The van der Waals surface area contributed by atoms with Crippen LogP contribution in [0, 0.1) is 0 Å². The van der Waals surface area contributed by atoms with Crippen LogP contribution in [0.5, 0.6) is 0 Å². The Hall–Kier alpha value is -1.11. The topological polar surface area (TPSA) is 52.7 Å². The fourth-order valence-corrected chi connectivity index (χ4v) is 3.45. The molecule has 1 aromatic carbocycles. The van der Waals surface area contributed by atoms with E-state index in [4.69, 9.17) is 0 Å². The van der Waals surface area contributed by atoms with Gasteiger partial charge in [-0.2, -0.15) is 0 Å². The van der Waals surface area contributed by atoms with Crippen LogP contribution in [0.25, 0.3) is 0 Å². The number of sulfonamides is 1. The van der Waals surface area contributed by atoms with Gasteiger partial charge in [0.2, 0.25) is 10.0 Å². The average molecular weight is 311 g/mol. The normalized spacial score (nSPS) is 20.4. The molecule has 1 atom stereocenters. The molecule has 5 nitrogen and oxygen atoms in total. The maximum Gasteiger partial charge on any atom is 0.242 e. The van der Waals surface area contributed by atoms with Crippen LogP contribution in [0.3, 0.4) is 0 Å². The molecule has 0 aromatic heterocycles. The number of benzene rings is 1. The average Bonchev–Trinajstić information content (AvgIpc) is 2.88. The van der Waals surface area contributed by atoms with Crippen molar-refractivity contribution in [1.82, 2.24) is 9.21 Å². The van der Waals surface area contributed by atoms with Crippen molar-refractivity contribution < 1.29 is 8.42 Å². The van der Waals surface area contributed by atoms with Crippen molar-refractivity contribution in [2.45, 2.75) is 37.2 Å². The molecule has 1 aliphatic rings. The Balaban J connectivity index is 2.01. The van der Waals surface area contributed by atoms with Crippen LogP contribution >= 0.6 is 0 Å². The van der Waals surface area contributed by atoms with Crippen LogP contribution in [-0.4, -0.2) is 56.9 Å². The summed E-state index contributed by atoms with van der Waals surface area (Å²) in [7, 11) is -0.259. The minimum absolute atomic E-state index is 0.327. The van der Waals surface area contributed by atoms with E-state index >= 15 is 0 Å². The van der Waals surface area contributed by atoms with E-state index in [1.165, 1.54) is 4.31 Å². The lowest BCUT2D eigenvalue weighted by Crippen LogP contribution is -2.31. The molecule has 0 amide bonds. The van der Waals surface area contributed by atoms with Gasteiger partial charge >= 0.3 is 0 Å². The number of hydrogen-bond acceptors (Lipinski definition) is 4. The monoisotopic (exact) mass is 311 g/mol. The third-order valence-corrected chi connectivity index (χ3v) is 5.78. The standard InChI is InChI=1S/C15H25N3O2S/c1-12(2)18-10-9-14(11-18)16-13-5-7-15(8-6-13)21(19,20)17(3)4/h5-8,12,14,16H,9-11H2,1-4H3. The summed E-state index contributed by atoms with van der Waals surface area (Å²) < 4.78 is 25.2. The van der Waals surface area contributed by atoms with E-state index < -0.39 is 10.0 Å². The Bertz CT molecular complexity index is 567. The lowest BCUT2D eigenvalue weighted by Gasteiger charge is -2.21. The van der Waals surface area contributed by atoms with Gasteiger partial charge in [-0.25, -0.2) is 12.7 Å². The molecular formula is C15H25N3O2S. The minimum Gasteiger partial charge on any atom is -0.381 e. The molecule has 6 heteroatoms. The fraction of sp³-hybridized carbons (Fsp3) is 0.600. The highest BCUT2D eigenvalue weighted by Crippen LogP contribution is 2.20. The highest BCUT2D eigenvalue weighted by atomic mass is 32.2. The molecule has 0 bridgehead atoms. The molecule has 1 aromatic rings. The zero-order chi connectivity index (χ0) is 15.6. The van der Waals surface area contributed by atoms with Gasteiger partial charge in [0.05, 0.1) is 4.90 Å². The molecule has 1 saturated heterocycles. The maximum absolute atomic E-state index is 12.0. The second-order valence-electron chi connectivity index (χ2n) is 6.03. The molecule has 1 fully saturated rings. The minimum atomic E-state index is -3.34. The smallest absolute Gasteiger partial charge is 0.242 e. The third-order valence-electron chi connectivity index (χ3n) is 3.95. The quantitative estimate of drug-likeness (QED) is 0.901. The van der Waals surface area contributed by atoms with E-state index in [9.17, 15) is 8.42 Å². The van der Waals surface area contributed by atoms with Gasteiger partial charge in [-0.15, -0.1) is 0 Å². The van der Waals surface area contributed by atoms with Crippen molar-refractivity contribution in [2.75, 3.05) is 32.5 Å². The van der Waals surface area contributed by atoms with E-state index in [0.29, 0.717) is 17.0 Å². The Labute approximate surface area is 128 Å². The number of likely N-dealkylation sites (tertiary alicyclic amines) is 1. The van der Waals surface area contributed by atoms with E-state index in [1.807, 2.05) is 12.1 Å². The number of anilines is 1. The van der Waals surface area contributed by atoms with Crippen LogP contribution in [0.1, 0.15) is 20.3 Å². The van der Waals surface area contributed by atoms with Crippen LogP contribution in [0.2, 0.25) is 0 Å². The van der Waals surface area contributed by atoms with Crippen molar-refractivity contribution in [3.05, 3.63) is 24.3 Å². The molecule has 1 aliphatic heterocycles. The summed E-state index contributed by atoms with van der Waals surface area (Å²) in [6.45, 7) is 6.57. The van der Waals surface area contributed by atoms with E-state index in [-0.39, 0.29) is 0 Å². The first-order chi connectivity index (χ1) is 9.80. The number of rotatable bonds is 5. The Morgan fingerprint density at radius 3 is 2.33 bits per heavy atom. The van der Waals surface area contributed by atoms with Gasteiger partial charge in [0, 0.05) is 45.0 Å². The summed E-state index contributed by atoms with van der Waals surface area (Å²) in [4.78, 5) is 2.77. The summed E-state index contributed by atoms with van der Waals surface area (Å²) in [6, 6.07) is 8.01. The van der Waals surface area contributed by atoms with Gasteiger partial charge in [-0.3, -0.25) is 4.90 Å². The lowest BCUT2D eigenvalue weighted by molar-refractivity contribution is 0.274. The highest BCUT2D eigenvalue weighted by Gasteiger charge is 2.24. The fourth-order valence-electron chi connectivity index (χ4n) is 2.54. The summed E-state index contributed by atoms with van der Waals surface area (Å²) in [5.41, 5.74) is 0.975. The highest BCUT2D eigenvalue weighted by molar-refractivity contribution is 7.89. The van der Waals surface area contributed by atoms with Crippen LogP contribution in [0.15, 0.2) is 29.2 Å². The van der Waals surface area contributed by atoms with Crippen LogP contribution < -0.4 is 5.32 Å². The molecule has 0 spiro atoms. The molecule has 1 unspecified atom stereocenters. The number of nitrogens with one attached hydrogen (secondary N) is 1. The molecule has 118 valence electrons. The predicted molar refractivity (Wildman–Crippen MR) is 86.1 cm³/mol. The molecule has 0 radical (unpaired) electrons. The predicted octanol–water partition coefficient (Wildman–Crippen LogP) is 1.83.